The Morgan fingerprint density at radius 3 is 2.47 bits per heavy atom. The van der Waals surface area contributed by atoms with Crippen LogP contribution in [0.4, 0.5) is 16.2 Å². The van der Waals surface area contributed by atoms with Crippen LogP contribution in [0.5, 0.6) is 0 Å². The van der Waals surface area contributed by atoms with Crippen molar-refractivity contribution in [2.24, 2.45) is 0 Å². The molecule has 0 spiro atoms. The molecular weight excluding hydrogens is 392 g/mol. The fraction of sp³-hybridized carbons (Fsp3) is 0.450. The number of nitrogens with one attached hydrogen (secondary N) is 3. The monoisotopic (exact) mass is 418 g/mol. The van der Waals surface area contributed by atoms with E-state index < -0.39 is 42.5 Å². The summed E-state index contributed by atoms with van der Waals surface area (Å²) in [4.78, 5) is 60.5. The van der Waals surface area contributed by atoms with Crippen molar-refractivity contribution in [2.45, 2.75) is 45.6 Å². The molecule has 0 aliphatic carbocycles. The zero-order chi connectivity index (χ0) is 22.3. The fourth-order valence-electron chi connectivity index (χ4n) is 2.99. The van der Waals surface area contributed by atoms with Crippen molar-refractivity contribution in [3.63, 3.8) is 0 Å². The van der Waals surface area contributed by atoms with E-state index in [0.717, 1.165) is 17.7 Å². The molecule has 1 aliphatic rings. The van der Waals surface area contributed by atoms with Crippen molar-refractivity contribution >= 4 is 41.1 Å². The summed E-state index contributed by atoms with van der Waals surface area (Å²) in [5.74, 6) is -2.22. The summed E-state index contributed by atoms with van der Waals surface area (Å²) in [6, 6.07) is 5.79. The number of amides is 5. The maximum atomic E-state index is 12.5. The minimum atomic E-state index is -1.04. The highest BCUT2D eigenvalue weighted by molar-refractivity contribution is 6.08. The van der Waals surface area contributed by atoms with Crippen LogP contribution < -0.4 is 16.0 Å². The molecule has 3 N–H and O–H groups in total. The zero-order valence-electron chi connectivity index (χ0n) is 17.2. The van der Waals surface area contributed by atoms with Crippen LogP contribution in [-0.2, 0) is 23.9 Å². The second kappa shape index (κ2) is 9.86. The number of benzene rings is 1. The first-order chi connectivity index (χ1) is 14.1. The number of anilines is 2. The standard InChI is InChI=1S/C20H26N4O6/c1-4-5-9-20(3)18(28)24(19(29)23-20)11-17(27)30-12-16(26)22-15-8-6-7-14(10-15)21-13(2)25/h6-8,10H,4-5,9,11-12H2,1-3H3,(H,21,25)(H,22,26)(H,23,29)/t20-/m1/s1. The highest BCUT2D eigenvalue weighted by Crippen LogP contribution is 2.23. The second-order valence-corrected chi connectivity index (χ2v) is 7.23. The highest BCUT2D eigenvalue weighted by atomic mass is 16.5. The van der Waals surface area contributed by atoms with Gasteiger partial charge in [0.05, 0.1) is 0 Å². The molecule has 0 bridgehead atoms. The molecule has 0 radical (unpaired) electrons. The fourth-order valence-corrected chi connectivity index (χ4v) is 2.99. The van der Waals surface area contributed by atoms with Gasteiger partial charge in [-0.15, -0.1) is 0 Å². The Morgan fingerprint density at radius 1 is 1.17 bits per heavy atom. The van der Waals surface area contributed by atoms with Gasteiger partial charge in [-0.3, -0.25) is 24.1 Å². The van der Waals surface area contributed by atoms with Gasteiger partial charge < -0.3 is 20.7 Å². The molecule has 1 saturated heterocycles. The number of hydrogen-bond donors (Lipinski definition) is 3. The Kier molecular flexibility index (Phi) is 7.51. The molecule has 0 unspecified atom stereocenters. The predicted octanol–water partition coefficient (Wildman–Crippen LogP) is 1.63. The number of nitrogens with zero attached hydrogens (tertiary/aromatic N) is 1. The Hall–Kier alpha value is -3.43. The van der Waals surface area contributed by atoms with Crippen LogP contribution in [0, 0.1) is 0 Å². The van der Waals surface area contributed by atoms with Crippen molar-refractivity contribution in [3.05, 3.63) is 24.3 Å². The summed E-state index contributed by atoms with van der Waals surface area (Å²) in [5.41, 5.74) is -0.131. The number of hydrogen-bond acceptors (Lipinski definition) is 6. The lowest BCUT2D eigenvalue weighted by molar-refractivity contribution is -0.150. The van der Waals surface area contributed by atoms with E-state index in [4.69, 9.17) is 4.74 Å². The topological polar surface area (TPSA) is 134 Å². The van der Waals surface area contributed by atoms with Crippen molar-refractivity contribution < 1.29 is 28.7 Å². The lowest BCUT2D eigenvalue weighted by atomic mass is 9.95. The first-order valence-electron chi connectivity index (χ1n) is 9.62. The molecule has 30 heavy (non-hydrogen) atoms. The maximum absolute atomic E-state index is 12.5. The lowest BCUT2D eigenvalue weighted by Gasteiger charge is -2.21. The van der Waals surface area contributed by atoms with Gasteiger partial charge in [0, 0.05) is 18.3 Å². The van der Waals surface area contributed by atoms with E-state index in [1.807, 2.05) is 6.92 Å². The van der Waals surface area contributed by atoms with E-state index in [-0.39, 0.29) is 5.91 Å². The van der Waals surface area contributed by atoms with Gasteiger partial charge in [0.1, 0.15) is 12.1 Å². The molecule has 5 amide bonds. The molecule has 1 aliphatic heterocycles. The minimum Gasteiger partial charge on any atom is -0.454 e. The van der Waals surface area contributed by atoms with E-state index in [2.05, 4.69) is 16.0 Å². The first-order valence-corrected chi connectivity index (χ1v) is 9.62. The predicted molar refractivity (Wildman–Crippen MR) is 109 cm³/mol. The molecule has 1 atom stereocenters. The minimum absolute atomic E-state index is 0.251. The second-order valence-electron chi connectivity index (χ2n) is 7.23. The third kappa shape index (κ3) is 6.03. The van der Waals surface area contributed by atoms with Crippen molar-refractivity contribution in [1.29, 1.82) is 0 Å². The largest absolute Gasteiger partial charge is 0.454 e. The van der Waals surface area contributed by atoms with Gasteiger partial charge >= 0.3 is 12.0 Å². The van der Waals surface area contributed by atoms with E-state index >= 15 is 0 Å². The number of unbranched alkanes of at least 4 members (excludes halogenated alkanes) is 1. The Bertz CT molecular complexity index is 855. The first kappa shape index (κ1) is 22.9. The number of ether oxygens (including phenoxy) is 1. The number of imide groups is 1. The third-order valence-corrected chi connectivity index (χ3v) is 4.49. The SMILES string of the molecule is CCCC[C@@]1(C)NC(=O)N(CC(=O)OCC(=O)Nc2cccc(NC(C)=O)c2)C1=O. The summed E-state index contributed by atoms with van der Waals surface area (Å²) in [6.07, 6.45) is 2.09. The van der Waals surface area contributed by atoms with E-state index in [1.165, 1.54) is 6.92 Å². The van der Waals surface area contributed by atoms with Crippen molar-refractivity contribution in [2.75, 3.05) is 23.8 Å². The molecule has 162 valence electrons. The summed E-state index contributed by atoms with van der Waals surface area (Å²) in [5, 5.41) is 7.72. The van der Waals surface area contributed by atoms with Crippen molar-refractivity contribution in [3.8, 4) is 0 Å². The van der Waals surface area contributed by atoms with Crippen LogP contribution in [0.2, 0.25) is 0 Å². The average Bonchev–Trinajstić information content (AvgIpc) is 2.88. The number of carbonyl (C=O) groups excluding carboxylic acids is 5. The molecule has 1 aromatic rings. The normalized spacial score (nSPS) is 18.0. The van der Waals surface area contributed by atoms with Crippen LogP contribution in [0.15, 0.2) is 24.3 Å². The number of esters is 1. The van der Waals surface area contributed by atoms with Gasteiger partial charge in [-0.1, -0.05) is 25.8 Å². The van der Waals surface area contributed by atoms with Gasteiger partial charge in [-0.25, -0.2) is 4.79 Å². The van der Waals surface area contributed by atoms with Crippen LogP contribution in [-0.4, -0.2) is 53.3 Å². The number of urea groups is 1. The zero-order valence-corrected chi connectivity index (χ0v) is 17.2. The Balaban J connectivity index is 1.84. The molecule has 0 aromatic heterocycles. The van der Waals surface area contributed by atoms with Gasteiger partial charge in [-0.2, -0.15) is 0 Å². The van der Waals surface area contributed by atoms with Crippen LogP contribution >= 0.6 is 0 Å². The summed E-state index contributed by atoms with van der Waals surface area (Å²) in [6.45, 7) is 3.80. The Labute approximate surface area is 174 Å². The van der Waals surface area contributed by atoms with Crippen LogP contribution in [0.1, 0.15) is 40.0 Å². The van der Waals surface area contributed by atoms with Gasteiger partial charge in [0.15, 0.2) is 6.61 Å². The molecule has 10 nitrogen and oxygen atoms in total. The number of carbonyl (C=O) groups is 5. The van der Waals surface area contributed by atoms with E-state index in [0.29, 0.717) is 17.8 Å². The Morgan fingerprint density at radius 2 is 1.83 bits per heavy atom. The molecule has 10 heteroatoms. The molecule has 2 rings (SSSR count). The average molecular weight is 418 g/mol. The summed E-state index contributed by atoms with van der Waals surface area (Å²) < 4.78 is 4.88. The quantitative estimate of drug-likeness (QED) is 0.412. The van der Waals surface area contributed by atoms with Gasteiger partial charge in [0.25, 0.3) is 11.8 Å². The van der Waals surface area contributed by atoms with Crippen LogP contribution in [0.25, 0.3) is 0 Å². The van der Waals surface area contributed by atoms with Crippen LogP contribution in [0.3, 0.4) is 0 Å². The van der Waals surface area contributed by atoms with Crippen molar-refractivity contribution in [1.82, 2.24) is 10.2 Å². The third-order valence-electron chi connectivity index (χ3n) is 4.49. The lowest BCUT2D eigenvalue weighted by Crippen LogP contribution is -2.44. The number of rotatable bonds is 9. The van der Waals surface area contributed by atoms with E-state index in [9.17, 15) is 24.0 Å². The molecule has 0 saturated carbocycles. The smallest absolute Gasteiger partial charge is 0.326 e. The van der Waals surface area contributed by atoms with Gasteiger partial charge in [0.2, 0.25) is 5.91 Å². The summed E-state index contributed by atoms with van der Waals surface area (Å²) in [7, 11) is 0. The van der Waals surface area contributed by atoms with Gasteiger partial charge in [-0.05, 0) is 31.5 Å². The highest BCUT2D eigenvalue weighted by Gasteiger charge is 2.47. The molecule has 1 fully saturated rings. The molecule has 1 heterocycles. The maximum Gasteiger partial charge on any atom is 0.326 e. The summed E-state index contributed by atoms with van der Waals surface area (Å²) >= 11 is 0. The molecular formula is C20H26N4O6. The van der Waals surface area contributed by atoms with E-state index in [1.54, 1.807) is 31.2 Å². The molecule has 1 aromatic carbocycles.